The molecule has 0 aliphatic heterocycles. The van der Waals surface area contributed by atoms with Crippen molar-refractivity contribution in [2.24, 2.45) is 5.92 Å². The first-order valence-corrected chi connectivity index (χ1v) is 4.53. The molecule has 4 heteroatoms. The first-order chi connectivity index (χ1) is 5.54. The summed E-state index contributed by atoms with van der Waals surface area (Å²) in [7, 11) is 6.26. The Morgan fingerprint density at radius 2 is 1.75 bits per heavy atom. The molecule has 0 amide bonds. The van der Waals surface area contributed by atoms with Gasteiger partial charge < -0.3 is 14.2 Å². The van der Waals surface area contributed by atoms with Crippen LogP contribution < -0.4 is 0 Å². The van der Waals surface area contributed by atoms with Crippen molar-refractivity contribution in [1.29, 1.82) is 0 Å². The highest BCUT2D eigenvalue weighted by atomic mass is 28.1. The summed E-state index contributed by atoms with van der Waals surface area (Å²) in [6.45, 7) is 4.89. The smallest absolute Gasteiger partial charge is 0.248 e. The summed E-state index contributed by atoms with van der Waals surface area (Å²) in [6.07, 6.45) is 0.985. The molecule has 0 aromatic carbocycles. The minimum atomic E-state index is -1.07. The maximum absolute atomic E-state index is 5.31. The van der Waals surface area contributed by atoms with Gasteiger partial charge in [0.2, 0.25) is 5.60 Å². The SMILES string of the molecule is COC([Si])(OC)OCCC(C)C. The molecule has 0 aliphatic carbocycles. The van der Waals surface area contributed by atoms with Gasteiger partial charge in [0.05, 0.1) is 6.61 Å². The maximum Gasteiger partial charge on any atom is 0.248 e. The van der Waals surface area contributed by atoms with Crippen molar-refractivity contribution in [2.45, 2.75) is 25.9 Å². The third kappa shape index (κ3) is 4.87. The summed E-state index contributed by atoms with van der Waals surface area (Å²) in [5, 5.41) is 0. The molecule has 0 bridgehead atoms. The van der Waals surface area contributed by atoms with Crippen LogP contribution in [0.15, 0.2) is 0 Å². The van der Waals surface area contributed by atoms with Crippen LogP contribution in [-0.2, 0) is 14.2 Å². The summed E-state index contributed by atoms with van der Waals surface area (Å²) in [4.78, 5) is 0. The predicted molar refractivity (Wildman–Crippen MR) is 47.9 cm³/mol. The third-order valence-corrected chi connectivity index (χ3v) is 2.08. The Labute approximate surface area is 77.8 Å². The average molecular weight is 189 g/mol. The van der Waals surface area contributed by atoms with E-state index in [-0.39, 0.29) is 0 Å². The number of methoxy groups -OCH3 is 2. The lowest BCUT2D eigenvalue weighted by atomic mass is 10.1. The minimum Gasteiger partial charge on any atom is -0.336 e. The average Bonchev–Trinajstić information content (AvgIpc) is 2.03. The topological polar surface area (TPSA) is 27.7 Å². The van der Waals surface area contributed by atoms with Crippen LogP contribution in [0.3, 0.4) is 0 Å². The van der Waals surface area contributed by atoms with Gasteiger partial charge in [0, 0.05) is 14.2 Å². The normalized spacial score (nSPS) is 12.5. The van der Waals surface area contributed by atoms with Gasteiger partial charge in [-0.15, -0.1) is 0 Å². The molecule has 3 nitrogen and oxygen atoms in total. The molecule has 3 radical (unpaired) electrons. The predicted octanol–water partition coefficient (Wildman–Crippen LogP) is 1.12. The number of ether oxygens (including phenoxy) is 3. The van der Waals surface area contributed by atoms with Gasteiger partial charge in [-0.3, -0.25) is 0 Å². The molecule has 0 aromatic rings. The Kier molecular flexibility index (Phi) is 5.74. The van der Waals surface area contributed by atoms with Crippen LogP contribution in [0.4, 0.5) is 0 Å². The van der Waals surface area contributed by atoms with Crippen molar-refractivity contribution in [3.05, 3.63) is 0 Å². The highest BCUT2D eigenvalue weighted by molar-refractivity contribution is 6.12. The fourth-order valence-corrected chi connectivity index (χ4v) is 0.732. The molecule has 0 fully saturated rings. The van der Waals surface area contributed by atoms with Crippen LogP contribution in [0.25, 0.3) is 0 Å². The molecule has 0 aliphatic rings. The molecular weight excluding hydrogens is 172 g/mol. The van der Waals surface area contributed by atoms with E-state index in [0.717, 1.165) is 6.42 Å². The van der Waals surface area contributed by atoms with E-state index >= 15 is 0 Å². The van der Waals surface area contributed by atoms with Crippen LogP contribution >= 0.6 is 0 Å². The van der Waals surface area contributed by atoms with Crippen LogP contribution in [0.2, 0.25) is 0 Å². The highest BCUT2D eigenvalue weighted by Gasteiger charge is 2.22. The molecule has 0 unspecified atom stereocenters. The number of rotatable bonds is 6. The fourth-order valence-electron chi connectivity index (χ4n) is 0.630. The van der Waals surface area contributed by atoms with E-state index in [0.29, 0.717) is 12.5 Å². The largest absolute Gasteiger partial charge is 0.336 e. The van der Waals surface area contributed by atoms with E-state index in [4.69, 9.17) is 14.2 Å². The standard InChI is InChI=1S/C8H17O3Si/c1-7(2)5-6-11-8(12,9-3)10-4/h7H,5-6H2,1-4H3. The van der Waals surface area contributed by atoms with Gasteiger partial charge in [-0.05, 0) is 12.3 Å². The van der Waals surface area contributed by atoms with Gasteiger partial charge in [-0.2, -0.15) is 0 Å². The van der Waals surface area contributed by atoms with E-state index in [1.807, 2.05) is 0 Å². The molecule has 12 heavy (non-hydrogen) atoms. The van der Waals surface area contributed by atoms with Gasteiger partial charge in [0.25, 0.3) is 0 Å². The summed E-state index contributed by atoms with van der Waals surface area (Å²) >= 11 is 0. The van der Waals surface area contributed by atoms with Crippen LogP contribution in [-0.4, -0.2) is 36.7 Å². The Hall–Kier alpha value is 0.0969. The van der Waals surface area contributed by atoms with Gasteiger partial charge in [-0.1, -0.05) is 13.8 Å². The second kappa shape index (κ2) is 5.69. The van der Waals surface area contributed by atoms with Gasteiger partial charge in [-0.25, -0.2) is 0 Å². The summed E-state index contributed by atoms with van der Waals surface area (Å²) < 4.78 is 15.2. The van der Waals surface area contributed by atoms with Crippen molar-refractivity contribution in [3.63, 3.8) is 0 Å². The van der Waals surface area contributed by atoms with E-state index in [9.17, 15) is 0 Å². The van der Waals surface area contributed by atoms with E-state index < -0.39 is 5.60 Å². The molecular formula is C8H17O3Si. The third-order valence-electron chi connectivity index (χ3n) is 1.52. The first kappa shape index (κ1) is 12.1. The summed E-state index contributed by atoms with van der Waals surface area (Å²) in [6, 6.07) is 0. The lowest BCUT2D eigenvalue weighted by Gasteiger charge is -2.26. The zero-order chi connectivity index (χ0) is 9.61. The van der Waals surface area contributed by atoms with Gasteiger partial charge in [0.15, 0.2) is 10.2 Å². The second-order valence-corrected chi connectivity index (χ2v) is 3.61. The number of hydrogen-bond acceptors (Lipinski definition) is 3. The summed E-state index contributed by atoms with van der Waals surface area (Å²) in [5.41, 5.74) is -1.07. The van der Waals surface area contributed by atoms with Crippen molar-refractivity contribution < 1.29 is 14.2 Å². The van der Waals surface area contributed by atoms with Crippen molar-refractivity contribution in [2.75, 3.05) is 20.8 Å². The van der Waals surface area contributed by atoms with E-state index in [1.54, 1.807) is 0 Å². The van der Waals surface area contributed by atoms with Gasteiger partial charge in [0.1, 0.15) is 0 Å². The van der Waals surface area contributed by atoms with Crippen LogP contribution in [0.5, 0.6) is 0 Å². The lowest BCUT2D eigenvalue weighted by molar-refractivity contribution is -0.304. The van der Waals surface area contributed by atoms with Crippen molar-refractivity contribution in [3.8, 4) is 0 Å². The number of hydrogen-bond donors (Lipinski definition) is 0. The fraction of sp³-hybridized carbons (Fsp3) is 1.00. The zero-order valence-corrected chi connectivity index (χ0v) is 9.22. The van der Waals surface area contributed by atoms with E-state index in [2.05, 4.69) is 24.1 Å². The molecule has 0 N–H and O–H groups in total. The van der Waals surface area contributed by atoms with Crippen molar-refractivity contribution >= 4 is 10.2 Å². The molecule has 0 saturated carbocycles. The molecule has 0 aromatic heterocycles. The van der Waals surface area contributed by atoms with Crippen LogP contribution in [0, 0.1) is 5.92 Å². The van der Waals surface area contributed by atoms with Gasteiger partial charge >= 0.3 is 0 Å². The minimum absolute atomic E-state index is 0.614. The molecule has 0 atom stereocenters. The second-order valence-electron chi connectivity index (χ2n) is 3.00. The maximum atomic E-state index is 5.31. The molecule has 0 spiro atoms. The monoisotopic (exact) mass is 189 g/mol. The zero-order valence-electron chi connectivity index (χ0n) is 8.22. The molecule has 0 heterocycles. The summed E-state index contributed by atoms with van der Waals surface area (Å²) in [5.74, 6) is 0.620. The Bertz CT molecular complexity index is 113. The molecule has 71 valence electrons. The van der Waals surface area contributed by atoms with Crippen LogP contribution in [0.1, 0.15) is 20.3 Å². The Morgan fingerprint density at radius 3 is 2.08 bits per heavy atom. The quantitative estimate of drug-likeness (QED) is 0.463. The lowest BCUT2D eigenvalue weighted by Crippen LogP contribution is -2.38. The molecule has 0 rings (SSSR count). The Balaban J connectivity index is 3.58. The van der Waals surface area contributed by atoms with Crippen molar-refractivity contribution in [1.82, 2.24) is 0 Å². The highest BCUT2D eigenvalue weighted by Crippen LogP contribution is 2.09. The van der Waals surface area contributed by atoms with E-state index in [1.165, 1.54) is 14.2 Å². The Morgan fingerprint density at radius 1 is 1.25 bits per heavy atom. The molecule has 0 saturated heterocycles. The first-order valence-electron chi connectivity index (χ1n) is 4.03.